The van der Waals surface area contributed by atoms with E-state index >= 15 is 0 Å². The summed E-state index contributed by atoms with van der Waals surface area (Å²) >= 11 is 0. The van der Waals surface area contributed by atoms with E-state index in [-0.39, 0.29) is 11.7 Å². The average molecular weight is 507 g/mol. The van der Waals surface area contributed by atoms with E-state index in [1.54, 1.807) is 84.2 Å². The zero-order valence-corrected chi connectivity index (χ0v) is 20.5. The normalized spacial score (nSPS) is 19.4. The highest BCUT2D eigenvalue weighted by molar-refractivity contribution is 6.03. The van der Waals surface area contributed by atoms with Gasteiger partial charge in [-0.05, 0) is 61.9 Å². The lowest BCUT2D eigenvalue weighted by atomic mass is 9.82. The molecule has 1 aromatic heterocycles. The van der Waals surface area contributed by atoms with Crippen molar-refractivity contribution < 1.29 is 22.8 Å². The van der Waals surface area contributed by atoms with Gasteiger partial charge in [0.15, 0.2) is 0 Å². The molecular weight excluding hydrogens is 481 g/mol. The summed E-state index contributed by atoms with van der Waals surface area (Å²) in [5.74, 6) is -5.69. The number of anilines is 1. The lowest BCUT2D eigenvalue weighted by Gasteiger charge is -2.31. The van der Waals surface area contributed by atoms with Crippen LogP contribution in [0.25, 0.3) is 16.6 Å². The highest BCUT2D eigenvalue weighted by atomic mass is 19.3. The van der Waals surface area contributed by atoms with E-state index in [0.29, 0.717) is 23.9 Å². The number of carbonyl (C=O) groups excluding carboxylic acids is 2. The van der Waals surface area contributed by atoms with Crippen LogP contribution < -0.4 is 10.2 Å². The molecule has 37 heavy (non-hydrogen) atoms. The van der Waals surface area contributed by atoms with Crippen LogP contribution in [0.3, 0.4) is 0 Å². The third kappa shape index (κ3) is 4.24. The number of carbonyl (C=O) groups is 2. The standard InChI is InChI=1S/C28H25F3N4O2/c1-27(2)24(33-25(36)28(3,30)31)23(17-7-5-4-6-8-17)34(26(27)37)21-13-14-22-18(15-21)16-32-35(22)20-11-9-19(29)10-12-20/h4-16,23-24H,1-3H3,(H,33,36)/t23-,24-/m1/s1. The van der Waals surface area contributed by atoms with Crippen molar-refractivity contribution in [1.82, 2.24) is 15.1 Å². The van der Waals surface area contributed by atoms with Crippen LogP contribution >= 0.6 is 0 Å². The molecule has 4 aromatic rings. The Morgan fingerprint density at radius 2 is 1.65 bits per heavy atom. The van der Waals surface area contributed by atoms with Gasteiger partial charge in [-0.15, -0.1) is 0 Å². The van der Waals surface area contributed by atoms with E-state index < -0.39 is 29.3 Å². The van der Waals surface area contributed by atoms with Crippen molar-refractivity contribution in [3.05, 3.63) is 90.4 Å². The Hall–Kier alpha value is -4.14. The van der Waals surface area contributed by atoms with Gasteiger partial charge in [0.2, 0.25) is 5.91 Å². The molecule has 0 radical (unpaired) electrons. The van der Waals surface area contributed by atoms with Gasteiger partial charge >= 0.3 is 5.92 Å². The van der Waals surface area contributed by atoms with Crippen LogP contribution in [0.5, 0.6) is 0 Å². The highest BCUT2D eigenvalue weighted by Crippen LogP contribution is 2.47. The maximum atomic E-state index is 13.9. The van der Waals surface area contributed by atoms with Crippen molar-refractivity contribution in [3.63, 3.8) is 0 Å². The van der Waals surface area contributed by atoms with E-state index in [0.717, 1.165) is 10.9 Å². The van der Waals surface area contributed by atoms with E-state index in [9.17, 15) is 22.8 Å². The first-order valence-electron chi connectivity index (χ1n) is 11.8. The van der Waals surface area contributed by atoms with Gasteiger partial charge in [0.1, 0.15) is 5.82 Å². The first-order chi connectivity index (χ1) is 17.5. The number of fused-ring (bicyclic) bond motifs is 1. The molecule has 0 aliphatic carbocycles. The second-order valence-corrected chi connectivity index (χ2v) is 9.87. The van der Waals surface area contributed by atoms with Gasteiger partial charge in [0.05, 0.1) is 34.9 Å². The second kappa shape index (κ2) is 8.76. The number of aromatic nitrogens is 2. The summed E-state index contributed by atoms with van der Waals surface area (Å²) in [6, 6.07) is 18.7. The van der Waals surface area contributed by atoms with E-state index in [1.165, 1.54) is 12.1 Å². The number of hydrogen-bond donors (Lipinski definition) is 1. The number of nitrogens with one attached hydrogen (secondary N) is 1. The molecule has 1 saturated heterocycles. The van der Waals surface area contributed by atoms with Gasteiger partial charge in [0.25, 0.3) is 5.91 Å². The summed E-state index contributed by atoms with van der Waals surface area (Å²) in [7, 11) is 0. The number of halogens is 3. The van der Waals surface area contributed by atoms with Crippen LogP contribution in [0.2, 0.25) is 0 Å². The Kier molecular flexibility index (Phi) is 5.81. The van der Waals surface area contributed by atoms with Crippen molar-refractivity contribution in [3.8, 4) is 5.69 Å². The molecule has 190 valence electrons. The minimum atomic E-state index is -3.60. The summed E-state index contributed by atoms with van der Waals surface area (Å²) in [5, 5.41) is 7.60. The second-order valence-electron chi connectivity index (χ2n) is 9.87. The minimum Gasteiger partial charge on any atom is -0.345 e. The quantitative estimate of drug-likeness (QED) is 0.393. The van der Waals surface area contributed by atoms with Crippen molar-refractivity contribution in [2.45, 2.75) is 38.8 Å². The first-order valence-corrected chi connectivity index (χ1v) is 11.8. The Morgan fingerprint density at radius 3 is 2.30 bits per heavy atom. The topological polar surface area (TPSA) is 67.2 Å². The Morgan fingerprint density at radius 1 is 1.00 bits per heavy atom. The largest absolute Gasteiger partial charge is 0.345 e. The van der Waals surface area contributed by atoms with Gasteiger partial charge in [-0.3, -0.25) is 9.59 Å². The van der Waals surface area contributed by atoms with Gasteiger partial charge < -0.3 is 10.2 Å². The molecule has 3 aromatic carbocycles. The zero-order valence-electron chi connectivity index (χ0n) is 20.5. The van der Waals surface area contributed by atoms with Crippen LogP contribution in [0.4, 0.5) is 18.9 Å². The lowest BCUT2D eigenvalue weighted by molar-refractivity contribution is -0.144. The maximum Gasteiger partial charge on any atom is 0.321 e. The van der Waals surface area contributed by atoms with Crippen molar-refractivity contribution >= 4 is 28.4 Å². The molecule has 1 aliphatic heterocycles. The first kappa shape index (κ1) is 24.5. The highest BCUT2D eigenvalue weighted by Gasteiger charge is 2.56. The summed E-state index contributed by atoms with van der Waals surface area (Å²) < 4.78 is 42.8. The molecule has 0 bridgehead atoms. The lowest BCUT2D eigenvalue weighted by Crippen LogP contribution is -2.51. The predicted octanol–water partition coefficient (Wildman–Crippen LogP) is 5.42. The van der Waals surface area contributed by atoms with Gasteiger partial charge in [0, 0.05) is 18.0 Å². The number of rotatable bonds is 5. The third-order valence-corrected chi connectivity index (χ3v) is 6.87. The Balaban J connectivity index is 1.60. The van der Waals surface area contributed by atoms with E-state index in [4.69, 9.17) is 0 Å². The number of nitrogens with zero attached hydrogens (tertiary/aromatic N) is 3. The number of hydrogen-bond acceptors (Lipinski definition) is 3. The van der Waals surface area contributed by atoms with Gasteiger partial charge in [-0.2, -0.15) is 13.9 Å². The smallest absolute Gasteiger partial charge is 0.321 e. The molecule has 2 heterocycles. The van der Waals surface area contributed by atoms with Gasteiger partial charge in [-0.1, -0.05) is 30.3 Å². The van der Waals surface area contributed by atoms with E-state index in [2.05, 4.69) is 10.4 Å². The van der Waals surface area contributed by atoms with Crippen LogP contribution in [0.1, 0.15) is 32.4 Å². The van der Waals surface area contributed by atoms with Crippen LogP contribution in [-0.4, -0.2) is 33.6 Å². The molecule has 5 rings (SSSR count). The molecule has 1 fully saturated rings. The van der Waals surface area contributed by atoms with Crippen molar-refractivity contribution in [2.24, 2.45) is 5.41 Å². The fourth-order valence-electron chi connectivity index (χ4n) is 4.87. The van der Waals surface area contributed by atoms with E-state index in [1.807, 2.05) is 6.07 Å². The van der Waals surface area contributed by atoms with Gasteiger partial charge in [-0.25, -0.2) is 9.07 Å². The molecule has 2 amide bonds. The van der Waals surface area contributed by atoms with Crippen molar-refractivity contribution in [1.29, 1.82) is 0 Å². The minimum absolute atomic E-state index is 0.309. The number of amides is 2. The van der Waals surface area contributed by atoms with Crippen molar-refractivity contribution in [2.75, 3.05) is 4.90 Å². The summed E-state index contributed by atoms with van der Waals surface area (Å²) in [4.78, 5) is 27.7. The third-order valence-electron chi connectivity index (χ3n) is 6.87. The summed E-state index contributed by atoms with van der Waals surface area (Å²) in [6.07, 6.45) is 1.64. The average Bonchev–Trinajstić information content (AvgIpc) is 3.36. The maximum absolute atomic E-state index is 13.9. The summed E-state index contributed by atoms with van der Waals surface area (Å²) in [5.41, 5.74) is 1.49. The zero-order chi connectivity index (χ0) is 26.5. The Bertz CT molecular complexity index is 1480. The molecular formula is C28H25F3N4O2. The molecule has 0 spiro atoms. The van der Waals surface area contributed by atoms with Crippen LogP contribution in [-0.2, 0) is 9.59 Å². The fraction of sp³-hybridized carbons (Fsp3) is 0.250. The monoisotopic (exact) mass is 506 g/mol. The molecule has 1 aliphatic rings. The molecule has 0 unspecified atom stereocenters. The molecule has 9 heteroatoms. The SMILES string of the molecule is CC(F)(F)C(=O)N[C@@H]1[C@@H](c2ccccc2)N(c2ccc3c(cnn3-c3ccc(F)cc3)c2)C(=O)C1(C)C. The number of alkyl halides is 2. The van der Waals surface area contributed by atoms with Crippen LogP contribution in [0.15, 0.2) is 79.0 Å². The molecule has 2 atom stereocenters. The molecule has 6 nitrogen and oxygen atoms in total. The Labute approximate surface area is 211 Å². The summed E-state index contributed by atoms with van der Waals surface area (Å²) in [6.45, 7) is 3.83. The van der Waals surface area contributed by atoms with Crippen LogP contribution in [0, 0.1) is 11.2 Å². The molecule has 0 saturated carbocycles. The molecule has 1 N–H and O–H groups in total. The fourth-order valence-corrected chi connectivity index (χ4v) is 4.87. The predicted molar refractivity (Wildman–Crippen MR) is 134 cm³/mol. The number of benzene rings is 3.